The van der Waals surface area contributed by atoms with Crippen molar-refractivity contribution in [2.45, 2.75) is 57.5 Å². The standard InChI is InChI=1S/C33H45N5O6S/c1-6-13-37(15-8-14-36(5)32(41)44-33(2,3)4)31(40)27-16-26-12-11-25(18-29(26)35-30(34)19-27)24-9-7-10-28(17-24)45(42,43)38-20-23(21-38)22-39/h7,9-12,16-18,23,39H,6,8,13-15,19-22H2,1-5H3,(H2,34,35). The molecule has 0 spiro atoms. The van der Waals surface area contributed by atoms with E-state index < -0.39 is 21.7 Å². The maximum absolute atomic E-state index is 13.7. The summed E-state index contributed by atoms with van der Waals surface area (Å²) in [6.45, 7) is 9.54. The molecule has 4 rings (SSSR count). The summed E-state index contributed by atoms with van der Waals surface area (Å²) in [7, 11) is -1.98. The van der Waals surface area contributed by atoms with Crippen molar-refractivity contribution < 1.29 is 27.9 Å². The Morgan fingerprint density at radius 3 is 2.47 bits per heavy atom. The van der Waals surface area contributed by atoms with Gasteiger partial charge in [0, 0.05) is 69.9 Å². The van der Waals surface area contributed by atoms with E-state index in [1.807, 2.05) is 58.0 Å². The predicted octanol–water partition coefficient (Wildman–Crippen LogP) is 4.24. The average Bonchev–Trinajstić information content (AvgIpc) is 3.12. The second-order valence-electron chi connectivity index (χ2n) is 12.7. The molecule has 244 valence electrons. The van der Waals surface area contributed by atoms with Crippen LogP contribution in [0.4, 0.5) is 10.5 Å². The Labute approximate surface area is 266 Å². The fourth-order valence-corrected chi connectivity index (χ4v) is 6.88. The number of hydrogen-bond donors (Lipinski definition) is 2. The van der Waals surface area contributed by atoms with Gasteiger partial charge in [0.1, 0.15) is 11.4 Å². The number of hydrogen-bond acceptors (Lipinski definition) is 8. The van der Waals surface area contributed by atoms with Gasteiger partial charge in [-0.25, -0.2) is 18.2 Å². The molecule has 2 aliphatic rings. The molecule has 2 aromatic rings. The van der Waals surface area contributed by atoms with Gasteiger partial charge in [-0.3, -0.25) is 4.79 Å². The molecule has 1 saturated heterocycles. The van der Waals surface area contributed by atoms with Gasteiger partial charge in [-0.05, 0) is 69.0 Å². The smallest absolute Gasteiger partial charge is 0.410 e. The second kappa shape index (κ2) is 14.1. The molecule has 0 bridgehead atoms. The molecule has 0 saturated carbocycles. The Kier molecular flexibility index (Phi) is 10.7. The Balaban J connectivity index is 1.50. The van der Waals surface area contributed by atoms with Crippen LogP contribution < -0.4 is 5.73 Å². The fourth-order valence-electron chi connectivity index (χ4n) is 5.24. The number of sulfonamides is 1. The van der Waals surface area contributed by atoms with Crippen LogP contribution in [-0.2, 0) is 19.6 Å². The van der Waals surface area contributed by atoms with Gasteiger partial charge in [0.15, 0.2) is 0 Å². The van der Waals surface area contributed by atoms with Crippen LogP contribution >= 0.6 is 0 Å². The highest BCUT2D eigenvalue weighted by molar-refractivity contribution is 7.89. The zero-order valence-electron chi connectivity index (χ0n) is 26.8. The molecule has 12 heteroatoms. The van der Waals surface area contributed by atoms with E-state index in [9.17, 15) is 23.1 Å². The number of aliphatic hydroxyl groups is 1. The number of carbonyl (C=O) groups excluding carboxylic acids is 2. The van der Waals surface area contributed by atoms with E-state index in [1.54, 1.807) is 30.1 Å². The second-order valence-corrected chi connectivity index (χ2v) is 14.6. The first kappa shape index (κ1) is 34.1. The van der Waals surface area contributed by atoms with Crippen LogP contribution in [0.5, 0.6) is 0 Å². The lowest BCUT2D eigenvalue weighted by atomic mass is 10.0. The highest BCUT2D eigenvalue weighted by atomic mass is 32.2. The number of ether oxygens (including phenoxy) is 1. The van der Waals surface area contributed by atoms with Crippen LogP contribution in [0.15, 0.2) is 57.9 Å². The Morgan fingerprint density at radius 2 is 1.80 bits per heavy atom. The number of benzene rings is 2. The summed E-state index contributed by atoms with van der Waals surface area (Å²) in [5, 5.41) is 9.28. The number of rotatable bonds is 11. The van der Waals surface area contributed by atoms with E-state index in [0.717, 1.165) is 17.5 Å². The maximum Gasteiger partial charge on any atom is 0.410 e. The van der Waals surface area contributed by atoms with Gasteiger partial charge < -0.3 is 25.4 Å². The van der Waals surface area contributed by atoms with Crippen LogP contribution in [0.25, 0.3) is 17.2 Å². The Bertz CT molecular complexity index is 1570. The van der Waals surface area contributed by atoms with Crippen molar-refractivity contribution in [3.63, 3.8) is 0 Å². The average molecular weight is 640 g/mol. The van der Waals surface area contributed by atoms with E-state index in [0.29, 0.717) is 61.8 Å². The summed E-state index contributed by atoms with van der Waals surface area (Å²) in [5.41, 5.74) is 9.06. The third-order valence-electron chi connectivity index (χ3n) is 7.66. The van der Waals surface area contributed by atoms with Crippen molar-refractivity contribution in [3.8, 4) is 11.1 Å². The van der Waals surface area contributed by atoms with E-state index in [1.165, 1.54) is 9.21 Å². The molecule has 11 nitrogen and oxygen atoms in total. The van der Waals surface area contributed by atoms with Crippen molar-refractivity contribution in [1.29, 1.82) is 0 Å². The largest absolute Gasteiger partial charge is 0.444 e. The van der Waals surface area contributed by atoms with E-state index in [-0.39, 0.29) is 29.7 Å². The summed E-state index contributed by atoms with van der Waals surface area (Å²) < 4.78 is 33.0. The number of nitrogens with two attached hydrogens (primary N) is 1. The third kappa shape index (κ3) is 8.50. The van der Waals surface area contributed by atoms with Crippen molar-refractivity contribution in [3.05, 3.63) is 53.6 Å². The van der Waals surface area contributed by atoms with Crippen LogP contribution in [0, 0.1) is 5.92 Å². The normalized spacial score (nSPS) is 15.7. The number of amides is 2. The first-order valence-electron chi connectivity index (χ1n) is 15.3. The zero-order valence-corrected chi connectivity index (χ0v) is 27.6. The number of aliphatic hydroxyl groups excluding tert-OH is 1. The van der Waals surface area contributed by atoms with Gasteiger partial charge >= 0.3 is 6.09 Å². The van der Waals surface area contributed by atoms with Crippen LogP contribution in [0.2, 0.25) is 0 Å². The number of amidine groups is 1. The molecule has 3 N–H and O–H groups in total. The monoisotopic (exact) mass is 639 g/mol. The number of carbonyl (C=O) groups is 2. The highest BCUT2D eigenvalue weighted by Gasteiger charge is 2.36. The molecule has 1 fully saturated rings. The quantitative estimate of drug-likeness (QED) is 0.374. The van der Waals surface area contributed by atoms with Gasteiger partial charge in [0.05, 0.1) is 10.6 Å². The minimum Gasteiger partial charge on any atom is -0.444 e. The molecular formula is C33H45N5O6S. The third-order valence-corrected chi connectivity index (χ3v) is 9.49. The van der Waals surface area contributed by atoms with Gasteiger partial charge in [0.25, 0.3) is 0 Å². The molecule has 2 heterocycles. The fraction of sp³-hybridized carbons (Fsp3) is 0.485. The lowest BCUT2D eigenvalue weighted by molar-refractivity contribution is -0.127. The van der Waals surface area contributed by atoms with Crippen LogP contribution in [0.3, 0.4) is 0 Å². The lowest BCUT2D eigenvalue weighted by Crippen LogP contribution is -2.51. The summed E-state index contributed by atoms with van der Waals surface area (Å²) in [6, 6.07) is 12.3. The summed E-state index contributed by atoms with van der Waals surface area (Å²) in [4.78, 5) is 34.1. The number of fused-ring (bicyclic) bond motifs is 1. The molecule has 2 aliphatic heterocycles. The summed E-state index contributed by atoms with van der Waals surface area (Å²) in [5.74, 6) is 0.152. The highest BCUT2D eigenvalue weighted by Crippen LogP contribution is 2.34. The van der Waals surface area contributed by atoms with Gasteiger partial charge in [-0.1, -0.05) is 31.2 Å². The van der Waals surface area contributed by atoms with Crippen molar-refractivity contribution in [1.82, 2.24) is 14.1 Å². The molecule has 0 radical (unpaired) electrons. The molecular weight excluding hydrogens is 594 g/mol. The first-order valence-corrected chi connectivity index (χ1v) is 16.8. The Morgan fingerprint density at radius 1 is 1.09 bits per heavy atom. The van der Waals surface area contributed by atoms with Crippen molar-refractivity contribution in [2.75, 3.05) is 46.4 Å². The zero-order chi connectivity index (χ0) is 32.9. The first-order chi connectivity index (χ1) is 21.2. The summed E-state index contributed by atoms with van der Waals surface area (Å²) in [6.07, 6.45) is 2.98. The molecule has 0 aromatic heterocycles. The minimum atomic E-state index is -3.66. The SMILES string of the molecule is CCCN(CCCN(C)C(=O)OC(C)(C)C)C(=O)C1=Cc2ccc(-c3cccc(S(=O)(=O)N4CC(CO)C4)c3)cc2N=C(N)C1. The van der Waals surface area contributed by atoms with Crippen molar-refractivity contribution in [2.24, 2.45) is 16.6 Å². The molecule has 0 unspecified atom stereocenters. The van der Waals surface area contributed by atoms with Crippen LogP contribution in [-0.4, -0.2) is 97.4 Å². The maximum atomic E-state index is 13.7. The Hall–Kier alpha value is -3.74. The summed E-state index contributed by atoms with van der Waals surface area (Å²) >= 11 is 0. The topological polar surface area (TPSA) is 146 Å². The lowest BCUT2D eigenvalue weighted by Gasteiger charge is -2.36. The molecule has 0 atom stereocenters. The van der Waals surface area contributed by atoms with Crippen LogP contribution in [0.1, 0.15) is 52.5 Å². The van der Waals surface area contributed by atoms with Gasteiger partial charge in [-0.2, -0.15) is 4.31 Å². The van der Waals surface area contributed by atoms with Gasteiger partial charge in [-0.15, -0.1) is 0 Å². The number of nitrogens with zero attached hydrogens (tertiary/aromatic N) is 4. The van der Waals surface area contributed by atoms with Gasteiger partial charge in [0.2, 0.25) is 15.9 Å². The van der Waals surface area contributed by atoms with E-state index in [4.69, 9.17) is 10.5 Å². The van der Waals surface area contributed by atoms with Crippen molar-refractivity contribution >= 4 is 39.6 Å². The molecule has 2 amide bonds. The molecule has 0 aliphatic carbocycles. The predicted molar refractivity (Wildman–Crippen MR) is 175 cm³/mol. The van der Waals surface area contributed by atoms with E-state index >= 15 is 0 Å². The van der Waals surface area contributed by atoms with E-state index in [2.05, 4.69) is 4.99 Å². The number of aliphatic imine (C=N–C) groups is 1. The molecule has 2 aromatic carbocycles. The molecule has 45 heavy (non-hydrogen) atoms. The minimum absolute atomic E-state index is 0.0272.